The van der Waals surface area contributed by atoms with Crippen LogP contribution in [0.5, 0.6) is 0 Å². The Bertz CT molecular complexity index is 771. The maximum Gasteiger partial charge on any atom is 0.211 e. The molecule has 3 rings (SSSR count). The summed E-state index contributed by atoms with van der Waals surface area (Å²) in [6, 6.07) is 5.53. The number of nitrogens with zero attached hydrogens (tertiary/aromatic N) is 1. The molecule has 0 bridgehead atoms. The molecule has 7 nitrogen and oxygen atoms in total. The van der Waals surface area contributed by atoms with E-state index in [1.807, 2.05) is 18.2 Å². The van der Waals surface area contributed by atoms with Crippen LogP contribution in [0.3, 0.4) is 0 Å². The van der Waals surface area contributed by atoms with Gasteiger partial charge in [-0.05, 0) is 36.1 Å². The van der Waals surface area contributed by atoms with Gasteiger partial charge in [0.2, 0.25) is 15.8 Å². The average Bonchev–Trinajstić information content (AvgIpc) is 2.79. The summed E-state index contributed by atoms with van der Waals surface area (Å²) < 4.78 is 25.7. The second-order valence-corrected chi connectivity index (χ2v) is 7.46. The number of aliphatic imine (C=N–C) groups is 1. The van der Waals surface area contributed by atoms with Crippen molar-refractivity contribution in [3.8, 4) is 0 Å². The Kier molecular flexibility index (Phi) is 3.47. The third-order valence-corrected chi connectivity index (χ3v) is 4.60. The fraction of sp³-hybridized carbons (Fsp3) is 0.357. The van der Waals surface area contributed by atoms with Crippen LogP contribution in [-0.4, -0.2) is 20.5 Å². The molecule has 1 heterocycles. The number of aryl methyl sites for hydroxylation is 1. The number of benzene rings is 1. The van der Waals surface area contributed by atoms with Gasteiger partial charge in [-0.15, -0.1) is 0 Å². The third kappa shape index (κ3) is 2.85. The Morgan fingerprint density at radius 3 is 2.91 bits per heavy atom. The number of nitrogens with two attached hydrogens (primary N) is 2. The molecule has 0 amide bonds. The highest BCUT2D eigenvalue weighted by molar-refractivity contribution is 7.88. The quantitative estimate of drug-likeness (QED) is 0.612. The van der Waals surface area contributed by atoms with E-state index >= 15 is 0 Å². The van der Waals surface area contributed by atoms with Crippen LogP contribution in [0.4, 0.5) is 0 Å². The summed E-state index contributed by atoms with van der Waals surface area (Å²) in [6.45, 7) is 0. The van der Waals surface area contributed by atoms with Gasteiger partial charge in [0.15, 0.2) is 0 Å². The second-order valence-electron chi connectivity index (χ2n) is 5.68. The molecule has 1 aromatic rings. The van der Waals surface area contributed by atoms with Crippen molar-refractivity contribution >= 4 is 15.9 Å². The van der Waals surface area contributed by atoms with Crippen LogP contribution in [0.25, 0.3) is 0 Å². The highest BCUT2D eigenvalue weighted by Crippen LogP contribution is 2.34. The van der Waals surface area contributed by atoms with E-state index in [0.717, 1.165) is 35.8 Å². The highest BCUT2D eigenvalue weighted by Gasteiger charge is 2.31. The van der Waals surface area contributed by atoms with E-state index in [-0.39, 0.29) is 6.04 Å². The van der Waals surface area contributed by atoms with Crippen LogP contribution >= 0.6 is 0 Å². The molecule has 22 heavy (non-hydrogen) atoms. The minimum Gasteiger partial charge on any atom is -0.384 e. The normalized spacial score (nSPS) is 27.2. The van der Waals surface area contributed by atoms with E-state index < -0.39 is 15.8 Å². The van der Waals surface area contributed by atoms with Gasteiger partial charge in [0.1, 0.15) is 5.84 Å². The molecule has 2 unspecified atom stereocenters. The lowest BCUT2D eigenvalue weighted by Gasteiger charge is -2.29. The number of hydrogen-bond acceptors (Lipinski definition) is 6. The molecule has 1 aliphatic carbocycles. The number of amidine groups is 1. The first-order chi connectivity index (χ1) is 10.3. The van der Waals surface area contributed by atoms with Crippen molar-refractivity contribution in [2.24, 2.45) is 16.5 Å². The van der Waals surface area contributed by atoms with E-state index in [1.54, 1.807) is 12.3 Å². The molecule has 2 atom stereocenters. The molecule has 8 heteroatoms. The summed E-state index contributed by atoms with van der Waals surface area (Å²) in [5.41, 5.74) is 14.8. The first kappa shape index (κ1) is 15.0. The first-order valence-corrected chi connectivity index (χ1v) is 8.85. The number of hydrogen-bond donors (Lipinski definition) is 4. The van der Waals surface area contributed by atoms with E-state index in [4.69, 9.17) is 11.5 Å². The van der Waals surface area contributed by atoms with Crippen LogP contribution < -0.4 is 21.5 Å². The van der Waals surface area contributed by atoms with E-state index in [2.05, 4.69) is 15.0 Å². The summed E-state index contributed by atoms with van der Waals surface area (Å²) in [4.78, 5) is 4.25. The summed E-state index contributed by atoms with van der Waals surface area (Å²) in [7, 11) is -3.27. The molecular formula is C14H19N5O2S. The minimum atomic E-state index is -3.27. The maximum absolute atomic E-state index is 11.5. The average molecular weight is 321 g/mol. The molecule has 0 aromatic heterocycles. The molecule has 0 spiro atoms. The topological polar surface area (TPSA) is 123 Å². The zero-order valence-electron chi connectivity index (χ0n) is 12.2. The van der Waals surface area contributed by atoms with Gasteiger partial charge >= 0.3 is 0 Å². The Hall–Kier alpha value is -1.90. The van der Waals surface area contributed by atoms with Crippen LogP contribution in [0, 0.1) is 0 Å². The van der Waals surface area contributed by atoms with Gasteiger partial charge in [-0.1, -0.05) is 12.1 Å². The van der Waals surface area contributed by atoms with Gasteiger partial charge < -0.3 is 11.1 Å². The van der Waals surface area contributed by atoms with E-state index in [9.17, 15) is 8.42 Å². The van der Waals surface area contributed by atoms with Crippen molar-refractivity contribution in [1.29, 1.82) is 0 Å². The molecule has 1 aliphatic heterocycles. The van der Waals surface area contributed by atoms with Crippen LogP contribution in [0.2, 0.25) is 0 Å². The third-order valence-electron chi connectivity index (χ3n) is 3.88. The molecule has 0 saturated carbocycles. The summed E-state index contributed by atoms with van der Waals surface area (Å²) >= 11 is 0. The smallest absolute Gasteiger partial charge is 0.211 e. The fourth-order valence-electron chi connectivity index (χ4n) is 2.90. The summed E-state index contributed by atoms with van der Waals surface area (Å²) in [5.74, 6) is -0.793. The Morgan fingerprint density at radius 1 is 1.45 bits per heavy atom. The van der Waals surface area contributed by atoms with Gasteiger partial charge in [-0.25, -0.2) is 18.1 Å². The molecule has 0 radical (unpaired) electrons. The summed E-state index contributed by atoms with van der Waals surface area (Å²) in [6.07, 6.45) is 6.02. The maximum atomic E-state index is 11.5. The Balaban J connectivity index is 1.97. The number of sulfonamides is 1. The molecule has 118 valence electrons. The molecule has 0 saturated heterocycles. The molecule has 6 N–H and O–H groups in total. The van der Waals surface area contributed by atoms with Gasteiger partial charge in [0, 0.05) is 17.8 Å². The van der Waals surface area contributed by atoms with Crippen LogP contribution in [0.1, 0.15) is 29.2 Å². The lowest BCUT2D eigenvalue weighted by atomic mass is 10.0. The summed E-state index contributed by atoms with van der Waals surface area (Å²) in [5, 5.41) is 2.99. The van der Waals surface area contributed by atoms with Crippen molar-refractivity contribution in [3.63, 3.8) is 0 Å². The molecular weight excluding hydrogens is 302 g/mol. The zero-order valence-corrected chi connectivity index (χ0v) is 13.0. The lowest BCUT2D eigenvalue weighted by molar-refractivity contribution is 0.409. The highest BCUT2D eigenvalue weighted by atomic mass is 32.2. The van der Waals surface area contributed by atoms with Crippen molar-refractivity contribution in [2.75, 3.05) is 6.26 Å². The molecule has 1 aromatic carbocycles. The SMILES string of the molecule is CS(=O)(=O)NC1CCc2ccc(C3(N)N=C(N)C=CN3)cc21. The monoisotopic (exact) mass is 321 g/mol. The molecule has 2 aliphatic rings. The van der Waals surface area contributed by atoms with Crippen molar-refractivity contribution in [1.82, 2.24) is 10.0 Å². The number of nitrogens with one attached hydrogen (secondary N) is 2. The number of rotatable bonds is 3. The number of fused-ring (bicyclic) bond motifs is 1. The van der Waals surface area contributed by atoms with Crippen LogP contribution in [-0.2, 0) is 22.2 Å². The van der Waals surface area contributed by atoms with Crippen molar-refractivity contribution in [3.05, 3.63) is 47.2 Å². The van der Waals surface area contributed by atoms with Crippen molar-refractivity contribution in [2.45, 2.75) is 24.7 Å². The molecule has 0 fully saturated rings. The van der Waals surface area contributed by atoms with Gasteiger partial charge in [-0.2, -0.15) is 0 Å². The largest absolute Gasteiger partial charge is 0.384 e. The first-order valence-electron chi connectivity index (χ1n) is 6.96. The van der Waals surface area contributed by atoms with Crippen molar-refractivity contribution < 1.29 is 8.42 Å². The van der Waals surface area contributed by atoms with E-state index in [0.29, 0.717) is 5.84 Å². The Morgan fingerprint density at radius 2 is 2.23 bits per heavy atom. The standard InChI is InChI=1S/C14H19N5O2S/c1-22(20,21)19-12-5-3-9-2-4-10(8-11(9)12)14(16)17-7-6-13(15)18-14/h2,4,6-8,12,17,19H,3,5,16H2,1H3,(H2,15,18). The lowest BCUT2D eigenvalue weighted by Crippen LogP contribution is -2.49. The predicted molar refractivity (Wildman–Crippen MR) is 85.2 cm³/mol. The van der Waals surface area contributed by atoms with Crippen LogP contribution in [0.15, 0.2) is 35.5 Å². The fourth-order valence-corrected chi connectivity index (χ4v) is 3.66. The predicted octanol–water partition coefficient (Wildman–Crippen LogP) is -0.234. The van der Waals surface area contributed by atoms with Gasteiger partial charge in [-0.3, -0.25) is 5.73 Å². The van der Waals surface area contributed by atoms with E-state index in [1.165, 1.54) is 0 Å². The van der Waals surface area contributed by atoms with Gasteiger partial charge in [0.05, 0.1) is 6.26 Å². The van der Waals surface area contributed by atoms with Gasteiger partial charge in [0.25, 0.3) is 0 Å². The zero-order chi connectivity index (χ0) is 16.0. The minimum absolute atomic E-state index is 0.228. The Labute approximate surface area is 129 Å². The second kappa shape index (κ2) is 5.08.